The monoisotopic (exact) mass is 265 g/mol. The van der Waals surface area contributed by atoms with Gasteiger partial charge in [-0.3, -0.25) is 4.90 Å². The number of nitrogens with zero attached hydrogens (tertiary/aromatic N) is 5. The standard InChI is InChI=1S/C12H16ClN5/c1-3-18-9-15-16-12(18)8-17(2)7-10-4-5-11(13)14-6-10/h4-6,9H,3,7-8H2,1-2H3. The highest BCUT2D eigenvalue weighted by Crippen LogP contribution is 2.09. The van der Waals surface area contributed by atoms with Crippen molar-refractivity contribution in [1.82, 2.24) is 24.6 Å². The van der Waals surface area contributed by atoms with E-state index in [1.807, 2.05) is 17.7 Å². The minimum absolute atomic E-state index is 0.520. The highest BCUT2D eigenvalue weighted by molar-refractivity contribution is 6.29. The van der Waals surface area contributed by atoms with Crippen LogP contribution in [0.3, 0.4) is 0 Å². The minimum Gasteiger partial charge on any atom is -0.317 e. The van der Waals surface area contributed by atoms with Crippen LogP contribution in [0.15, 0.2) is 24.7 Å². The molecule has 2 heterocycles. The first kappa shape index (κ1) is 13.0. The first-order chi connectivity index (χ1) is 8.69. The van der Waals surface area contributed by atoms with Gasteiger partial charge in [-0.25, -0.2) is 4.98 Å². The van der Waals surface area contributed by atoms with Crippen LogP contribution in [0.4, 0.5) is 0 Å². The molecule has 0 saturated heterocycles. The lowest BCUT2D eigenvalue weighted by atomic mass is 10.2. The van der Waals surface area contributed by atoms with Crippen LogP contribution in [0.1, 0.15) is 18.3 Å². The smallest absolute Gasteiger partial charge is 0.146 e. The van der Waals surface area contributed by atoms with Gasteiger partial charge in [0, 0.05) is 19.3 Å². The van der Waals surface area contributed by atoms with Gasteiger partial charge in [0.1, 0.15) is 17.3 Å². The van der Waals surface area contributed by atoms with Crippen molar-refractivity contribution in [2.45, 2.75) is 26.6 Å². The van der Waals surface area contributed by atoms with E-state index in [0.29, 0.717) is 5.15 Å². The van der Waals surface area contributed by atoms with Gasteiger partial charge in [0.05, 0.1) is 6.54 Å². The average molecular weight is 266 g/mol. The quantitative estimate of drug-likeness (QED) is 0.776. The molecule has 0 unspecified atom stereocenters. The molecule has 0 fully saturated rings. The van der Waals surface area contributed by atoms with Crippen LogP contribution in [0.2, 0.25) is 5.15 Å². The van der Waals surface area contributed by atoms with E-state index in [1.54, 1.807) is 18.6 Å². The molecule has 18 heavy (non-hydrogen) atoms. The summed E-state index contributed by atoms with van der Waals surface area (Å²) < 4.78 is 2.04. The number of halogens is 1. The fourth-order valence-corrected chi connectivity index (χ4v) is 1.89. The lowest BCUT2D eigenvalue weighted by Crippen LogP contribution is -2.20. The average Bonchev–Trinajstić information content (AvgIpc) is 2.79. The molecule has 0 aliphatic heterocycles. The summed E-state index contributed by atoms with van der Waals surface area (Å²) in [4.78, 5) is 6.24. The molecule has 0 aliphatic carbocycles. The van der Waals surface area contributed by atoms with Crippen LogP contribution in [-0.4, -0.2) is 31.7 Å². The third kappa shape index (κ3) is 3.27. The molecule has 2 aromatic heterocycles. The molecule has 2 aromatic rings. The van der Waals surface area contributed by atoms with Crippen molar-refractivity contribution in [2.24, 2.45) is 0 Å². The molecule has 0 spiro atoms. The van der Waals surface area contributed by atoms with Gasteiger partial charge >= 0.3 is 0 Å². The molecule has 6 heteroatoms. The number of pyridine rings is 1. The fraction of sp³-hybridized carbons (Fsp3) is 0.417. The molecule has 0 aromatic carbocycles. The van der Waals surface area contributed by atoms with Crippen molar-refractivity contribution >= 4 is 11.6 Å². The molecule has 0 aliphatic rings. The lowest BCUT2D eigenvalue weighted by Gasteiger charge is -2.16. The zero-order valence-corrected chi connectivity index (χ0v) is 11.3. The molecule has 0 amide bonds. The maximum Gasteiger partial charge on any atom is 0.146 e. The topological polar surface area (TPSA) is 46.8 Å². The van der Waals surface area contributed by atoms with Crippen molar-refractivity contribution in [3.05, 3.63) is 41.2 Å². The summed E-state index contributed by atoms with van der Waals surface area (Å²) in [6.45, 7) is 4.53. The predicted octanol–water partition coefficient (Wildman–Crippen LogP) is 1.98. The maximum atomic E-state index is 5.76. The molecular weight excluding hydrogens is 250 g/mol. The summed E-state index contributed by atoms with van der Waals surface area (Å²) in [6, 6.07) is 3.79. The number of aryl methyl sites for hydroxylation is 1. The van der Waals surface area contributed by atoms with E-state index in [1.165, 1.54) is 0 Å². The third-order valence-corrected chi connectivity index (χ3v) is 2.91. The minimum atomic E-state index is 0.520. The Balaban J connectivity index is 1.96. The van der Waals surface area contributed by atoms with Gasteiger partial charge in [0.25, 0.3) is 0 Å². The van der Waals surface area contributed by atoms with Crippen molar-refractivity contribution in [1.29, 1.82) is 0 Å². The van der Waals surface area contributed by atoms with Crippen molar-refractivity contribution in [3.8, 4) is 0 Å². The number of aromatic nitrogens is 4. The molecule has 0 N–H and O–H groups in total. The Kier molecular flexibility index (Phi) is 4.28. The molecule has 5 nitrogen and oxygen atoms in total. The van der Waals surface area contributed by atoms with Gasteiger partial charge in [-0.15, -0.1) is 10.2 Å². The summed E-state index contributed by atoms with van der Waals surface area (Å²) in [7, 11) is 2.04. The van der Waals surface area contributed by atoms with Crippen molar-refractivity contribution in [3.63, 3.8) is 0 Å². The Labute approximate surface area is 111 Å². The summed E-state index contributed by atoms with van der Waals surface area (Å²) >= 11 is 5.76. The zero-order valence-electron chi connectivity index (χ0n) is 10.5. The largest absolute Gasteiger partial charge is 0.317 e. The van der Waals surface area contributed by atoms with Crippen molar-refractivity contribution < 1.29 is 0 Å². The molecule has 0 radical (unpaired) electrons. The van der Waals surface area contributed by atoms with Gasteiger partial charge in [-0.05, 0) is 25.6 Å². The van der Waals surface area contributed by atoms with E-state index < -0.39 is 0 Å². The molecular formula is C12H16ClN5. The van der Waals surface area contributed by atoms with Crippen LogP contribution in [0.5, 0.6) is 0 Å². The van der Waals surface area contributed by atoms with E-state index in [9.17, 15) is 0 Å². The van der Waals surface area contributed by atoms with Crippen molar-refractivity contribution in [2.75, 3.05) is 7.05 Å². The van der Waals surface area contributed by atoms with Crippen LogP contribution in [0, 0.1) is 0 Å². The number of hydrogen-bond donors (Lipinski definition) is 0. The van der Waals surface area contributed by atoms with Crippen LogP contribution in [-0.2, 0) is 19.6 Å². The van der Waals surface area contributed by atoms with Gasteiger partial charge in [0.15, 0.2) is 0 Å². The number of hydrogen-bond acceptors (Lipinski definition) is 4. The summed E-state index contributed by atoms with van der Waals surface area (Å²) in [5, 5.41) is 8.56. The normalized spacial score (nSPS) is 11.1. The highest BCUT2D eigenvalue weighted by Gasteiger charge is 2.07. The first-order valence-electron chi connectivity index (χ1n) is 5.84. The summed E-state index contributed by atoms with van der Waals surface area (Å²) in [5.41, 5.74) is 1.13. The second-order valence-electron chi connectivity index (χ2n) is 4.19. The summed E-state index contributed by atoms with van der Waals surface area (Å²) in [5.74, 6) is 0.974. The Morgan fingerprint density at radius 2 is 2.17 bits per heavy atom. The molecule has 2 rings (SSSR count). The highest BCUT2D eigenvalue weighted by atomic mass is 35.5. The Morgan fingerprint density at radius 1 is 1.33 bits per heavy atom. The molecule has 96 valence electrons. The first-order valence-corrected chi connectivity index (χ1v) is 6.22. The van der Waals surface area contributed by atoms with E-state index in [-0.39, 0.29) is 0 Å². The Bertz CT molecular complexity index is 493. The molecule has 0 atom stereocenters. The van der Waals surface area contributed by atoms with Gasteiger partial charge in [-0.2, -0.15) is 0 Å². The second kappa shape index (κ2) is 5.93. The van der Waals surface area contributed by atoms with E-state index in [4.69, 9.17) is 11.6 Å². The number of rotatable bonds is 5. The SMILES string of the molecule is CCn1cnnc1CN(C)Cc1ccc(Cl)nc1. The zero-order chi connectivity index (χ0) is 13.0. The van der Waals surface area contributed by atoms with Gasteiger partial charge < -0.3 is 4.57 Å². The van der Waals surface area contributed by atoms with Crippen LogP contribution >= 0.6 is 11.6 Å². The van der Waals surface area contributed by atoms with Crippen LogP contribution < -0.4 is 0 Å². The van der Waals surface area contributed by atoms with Gasteiger partial charge in [0.2, 0.25) is 0 Å². The van der Waals surface area contributed by atoms with Gasteiger partial charge in [-0.1, -0.05) is 17.7 Å². The summed E-state index contributed by atoms with van der Waals surface area (Å²) in [6.07, 6.45) is 3.55. The van der Waals surface area contributed by atoms with Crippen LogP contribution in [0.25, 0.3) is 0 Å². The van der Waals surface area contributed by atoms with E-state index in [0.717, 1.165) is 31.0 Å². The van der Waals surface area contributed by atoms with E-state index in [2.05, 4.69) is 27.0 Å². The predicted molar refractivity (Wildman–Crippen MR) is 70.1 cm³/mol. The second-order valence-corrected chi connectivity index (χ2v) is 4.58. The third-order valence-electron chi connectivity index (χ3n) is 2.69. The Morgan fingerprint density at radius 3 is 2.83 bits per heavy atom. The lowest BCUT2D eigenvalue weighted by molar-refractivity contribution is 0.304. The maximum absolute atomic E-state index is 5.76. The molecule has 0 bridgehead atoms. The fourth-order valence-electron chi connectivity index (χ4n) is 1.77. The Hall–Kier alpha value is -1.46. The molecule has 0 saturated carbocycles. The van der Waals surface area contributed by atoms with E-state index >= 15 is 0 Å².